The van der Waals surface area contributed by atoms with E-state index >= 15 is 0 Å². The average Bonchev–Trinajstić information content (AvgIpc) is 2.71. The molecule has 0 spiro atoms. The summed E-state index contributed by atoms with van der Waals surface area (Å²) >= 11 is 3.41. The third-order valence-corrected chi connectivity index (χ3v) is 7.81. The predicted molar refractivity (Wildman–Crippen MR) is 122 cm³/mol. The highest BCUT2D eigenvalue weighted by molar-refractivity contribution is 9.10. The maximum Gasteiger partial charge on any atom is 0.283 e. The largest absolute Gasteiger partial charge is 0.380 e. The van der Waals surface area contributed by atoms with Crippen molar-refractivity contribution in [1.29, 1.82) is 0 Å². The number of pyridine rings is 1. The Labute approximate surface area is 185 Å². The van der Waals surface area contributed by atoms with Crippen LogP contribution in [-0.4, -0.2) is 26.7 Å². The van der Waals surface area contributed by atoms with E-state index in [1.807, 2.05) is 0 Å². The zero-order valence-corrected chi connectivity index (χ0v) is 19.7. The first-order chi connectivity index (χ1) is 14.1. The van der Waals surface area contributed by atoms with Crippen LogP contribution in [-0.2, 0) is 11.3 Å². The molecule has 162 valence electrons. The van der Waals surface area contributed by atoms with Crippen LogP contribution in [0.1, 0.15) is 41.0 Å². The van der Waals surface area contributed by atoms with Crippen LogP contribution >= 0.6 is 15.9 Å². The van der Waals surface area contributed by atoms with E-state index < -0.39 is 0 Å². The van der Waals surface area contributed by atoms with E-state index in [9.17, 15) is 9.59 Å². The van der Waals surface area contributed by atoms with Crippen LogP contribution < -0.4 is 16.2 Å². The molecule has 8 heteroatoms. The molecule has 2 aromatic heterocycles. The number of amides is 1. The average molecular weight is 476 g/mol. The number of nitrogens with one attached hydrogen (secondary N) is 2. The van der Waals surface area contributed by atoms with Crippen molar-refractivity contribution >= 4 is 33.2 Å². The molecular weight excluding hydrogens is 446 g/mol. The lowest BCUT2D eigenvalue weighted by atomic mass is 9.58. The topological polar surface area (TPSA) is 88.9 Å². The molecule has 0 aromatic carbocycles. The zero-order valence-electron chi connectivity index (χ0n) is 18.1. The standard InChI is InChI=1S/C22H30BrN5O2/c1-13-9-17(14(2)15(3)22(13,4)5)27-18-11-25-28(21(30)20(18)23)12-19(29)26-16-7-6-8-24-10-16/h6-8,10-11,13-15,17,27H,9,12H2,1-5H3,(H,26,29)/t13-,14+,15+,17+/m0/s1. The van der Waals surface area contributed by atoms with Crippen molar-refractivity contribution in [1.82, 2.24) is 14.8 Å². The number of carbonyl (C=O) groups is 1. The summed E-state index contributed by atoms with van der Waals surface area (Å²) in [4.78, 5) is 29.0. The molecule has 2 aromatic rings. The molecule has 1 aliphatic carbocycles. The fraction of sp³-hybridized carbons (Fsp3) is 0.545. The first-order valence-corrected chi connectivity index (χ1v) is 11.1. The van der Waals surface area contributed by atoms with Crippen LogP contribution in [0.25, 0.3) is 0 Å². The highest BCUT2D eigenvalue weighted by Gasteiger charge is 2.43. The van der Waals surface area contributed by atoms with Gasteiger partial charge in [-0.3, -0.25) is 14.6 Å². The van der Waals surface area contributed by atoms with Crippen molar-refractivity contribution in [3.05, 3.63) is 45.5 Å². The zero-order chi connectivity index (χ0) is 22.1. The van der Waals surface area contributed by atoms with Crippen LogP contribution in [0.15, 0.2) is 40.0 Å². The van der Waals surface area contributed by atoms with Gasteiger partial charge in [0, 0.05) is 12.2 Å². The number of rotatable bonds is 5. The molecule has 0 aliphatic heterocycles. The number of hydrogen-bond donors (Lipinski definition) is 2. The third kappa shape index (κ3) is 4.58. The van der Waals surface area contributed by atoms with E-state index in [0.29, 0.717) is 33.6 Å². The minimum Gasteiger partial charge on any atom is -0.380 e. The van der Waals surface area contributed by atoms with E-state index in [1.165, 1.54) is 0 Å². The van der Waals surface area contributed by atoms with E-state index in [0.717, 1.165) is 11.1 Å². The summed E-state index contributed by atoms with van der Waals surface area (Å²) in [6.45, 7) is 11.4. The number of hydrogen-bond acceptors (Lipinski definition) is 5. The van der Waals surface area contributed by atoms with Crippen molar-refractivity contribution in [3.63, 3.8) is 0 Å². The van der Waals surface area contributed by atoms with Gasteiger partial charge in [-0.15, -0.1) is 0 Å². The molecule has 3 rings (SSSR count). The lowest BCUT2D eigenvalue weighted by Crippen LogP contribution is -2.48. The Bertz CT molecular complexity index is 960. The number of aromatic nitrogens is 3. The Morgan fingerprint density at radius 1 is 1.30 bits per heavy atom. The molecule has 0 unspecified atom stereocenters. The van der Waals surface area contributed by atoms with Crippen molar-refractivity contribution in [2.24, 2.45) is 23.2 Å². The van der Waals surface area contributed by atoms with Gasteiger partial charge in [0.1, 0.15) is 11.0 Å². The fourth-order valence-corrected chi connectivity index (χ4v) is 4.64. The van der Waals surface area contributed by atoms with Crippen molar-refractivity contribution in [2.45, 2.75) is 53.6 Å². The van der Waals surface area contributed by atoms with Crippen LogP contribution in [0.4, 0.5) is 11.4 Å². The maximum atomic E-state index is 12.8. The number of nitrogens with zero attached hydrogens (tertiary/aromatic N) is 3. The van der Waals surface area contributed by atoms with E-state index in [4.69, 9.17) is 0 Å². The van der Waals surface area contributed by atoms with Gasteiger partial charge >= 0.3 is 0 Å². The number of carbonyl (C=O) groups excluding carboxylic acids is 1. The Balaban J connectivity index is 1.72. The van der Waals surface area contributed by atoms with E-state index in [-0.39, 0.29) is 29.5 Å². The van der Waals surface area contributed by atoms with E-state index in [1.54, 1.807) is 30.7 Å². The molecule has 0 bridgehead atoms. The monoisotopic (exact) mass is 475 g/mol. The molecular formula is C22H30BrN5O2. The van der Waals surface area contributed by atoms with Crippen LogP contribution in [0.3, 0.4) is 0 Å². The van der Waals surface area contributed by atoms with Gasteiger partial charge < -0.3 is 10.6 Å². The van der Waals surface area contributed by atoms with Gasteiger partial charge in [0.25, 0.3) is 5.56 Å². The third-order valence-electron chi connectivity index (χ3n) is 7.04. The minimum atomic E-state index is -0.341. The maximum absolute atomic E-state index is 12.8. The Hall–Kier alpha value is -2.22. The second kappa shape index (κ2) is 8.88. The second-order valence-corrected chi connectivity index (χ2v) is 9.77. The van der Waals surface area contributed by atoms with Crippen LogP contribution in [0, 0.1) is 23.2 Å². The van der Waals surface area contributed by atoms with Gasteiger partial charge in [-0.25, -0.2) is 4.68 Å². The second-order valence-electron chi connectivity index (χ2n) is 8.98. The summed E-state index contributed by atoms with van der Waals surface area (Å²) in [5, 5.41) is 10.4. The summed E-state index contributed by atoms with van der Waals surface area (Å²) < 4.78 is 1.55. The Morgan fingerprint density at radius 2 is 2.03 bits per heavy atom. The highest BCUT2D eigenvalue weighted by atomic mass is 79.9. The summed E-state index contributed by atoms with van der Waals surface area (Å²) in [7, 11) is 0. The molecule has 1 saturated carbocycles. The molecule has 1 fully saturated rings. The SMILES string of the molecule is C[C@@H]1[C@@H](C)C(C)(C)[C@@H](C)C[C@H]1Nc1cnn(CC(=O)Nc2cccnc2)c(=O)c1Br. The number of anilines is 2. The van der Waals surface area contributed by atoms with Gasteiger partial charge in [-0.1, -0.05) is 34.6 Å². The normalized spacial score (nSPS) is 25.5. The Kier molecular flexibility index (Phi) is 6.65. The van der Waals surface area contributed by atoms with Crippen LogP contribution in [0.2, 0.25) is 0 Å². The van der Waals surface area contributed by atoms with Crippen LogP contribution in [0.5, 0.6) is 0 Å². The van der Waals surface area contributed by atoms with E-state index in [2.05, 4.69) is 71.3 Å². The summed E-state index contributed by atoms with van der Waals surface area (Å²) in [6.07, 6.45) is 5.82. The van der Waals surface area contributed by atoms with Crippen molar-refractivity contribution < 1.29 is 4.79 Å². The van der Waals surface area contributed by atoms with Gasteiger partial charge in [0.2, 0.25) is 5.91 Å². The molecule has 4 atom stereocenters. The molecule has 2 heterocycles. The molecule has 30 heavy (non-hydrogen) atoms. The predicted octanol–water partition coefficient (Wildman–Crippen LogP) is 4.16. The Morgan fingerprint density at radius 3 is 2.70 bits per heavy atom. The van der Waals surface area contributed by atoms with Crippen molar-refractivity contribution in [2.75, 3.05) is 10.6 Å². The number of halogens is 1. The molecule has 1 amide bonds. The molecule has 7 nitrogen and oxygen atoms in total. The minimum absolute atomic E-state index is 0.172. The van der Waals surface area contributed by atoms with Gasteiger partial charge in [0.15, 0.2) is 0 Å². The summed E-state index contributed by atoms with van der Waals surface area (Å²) in [5.41, 5.74) is 1.18. The molecule has 1 aliphatic rings. The molecule has 0 saturated heterocycles. The molecule has 2 N–H and O–H groups in total. The lowest BCUT2D eigenvalue weighted by molar-refractivity contribution is -0.117. The lowest BCUT2D eigenvalue weighted by Gasteiger charge is -2.50. The first-order valence-electron chi connectivity index (χ1n) is 10.3. The summed E-state index contributed by atoms with van der Waals surface area (Å²) in [6, 6.07) is 3.72. The summed E-state index contributed by atoms with van der Waals surface area (Å²) in [5.74, 6) is 1.22. The van der Waals surface area contributed by atoms with Gasteiger partial charge in [-0.05, 0) is 57.7 Å². The van der Waals surface area contributed by atoms with Gasteiger partial charge in [0.05, 0.1) is 23.8 Å². The highest BCUT2D eigenvalue weighted by Crippen LogP contribution is 2.48. The van der Waals surface area contributed by atoms with Crippen molar-refractivity contribution in [3.8, 4) is 0 Å². The smallest absolute Gasteiger partial charge is 0.283 e. The fourth-order valence-electron chi connectivity index (χ4n) is 4.22. The van der Waals surface area contributed by atoms with Gasteiger partial charge in [-0.2, -0.15) is 5.10 Å². The first kappa shape index (κ1) is 22.5. The molecule has 0 radical (unpaired) electrons. The quantitative estimate of drug-likeness (QED) is 0.677.